The Hall–Kier alpha value is -1.21. The van der Waals surface area contributed by atoms with Crippen molar-refractivity contribution < 1.29 is 8.78 Å². The van der Waals surface area contributed by atoms with Crippen molar-refractivity contribution >= 4 is 11.6 Å². The molecule has 0 amide bonds. The van der Waals surface area contributed by atoms with Gasteiger partial charge in [-0.2, -0.15) is 5.26 Å². The highest BCUT2D eigenvalue weighted by molar-refractivity contribution is 6.29. The number of hydrogen-bond donors (Lipinski definition) is 0. The molecule has 5 heteroatoms. The molecule has 2 unspecified atom stereocenters. The molecule has 0 bridgehead atoms. The number of aromatic nitrogens is 1. The van der Waals surface area contributed by atoms with Crippen molar-refractivity contribution in [3.63, 3.8) is 0 Å². The van der Waals surface area contributed by atoms with Crippen molar-refractivity contribution in [2.24, 2.45) is 5.92 Å². The SMILES string of the molecule is N#CC1CCC(F)(F)CC1c1ccc(Cl)nc1. The van der Waals surface area contributed by atoms with Crippen LogP contribution in [0.15, 0.2) is 18.3 Å². The second-order valence-corrected chi connectivity index (χ2v) is 4.74. The molecule has 0 N–H and O–H groups in total. The van der Waals surface area contributed by atoms with Crippen LogP contribution in [0.25, 0.3) is 0 Å². The van der Waals surface area contributed by atoms with Gasteiger partial charge in [0.2, 0.25) is 5.92 Å². The fourth-order valence-corrected chi connectivity index (χ4v) is 2.36. The second-order valence-electron chi connectivity index (χ2n) is 4.36. The minimum absolute atomic E-state index is 0.206. The number of pyridine rings is 1. The zero-order valence-corrected chi connectivity index (χ0v) is 9.79. The van der Waals surface area contributed by atoms with Crippen LogP contribution in [-0.2, 0) is 0 Å². The Labute approximate surface area is 103 Å². The minimum Gasteiger partial charge on any atom is -0.244 e. The normalized spacial score (nSPS) is 27.4. The first-order valence-electron chi connectivity index (χ1n) is 5.41. The van der Waals surface area contributed by atoms with Crippen molar-refractivity contribution in [3.05, 3.63) is 29.0 Å². The molecule has 17 heavy (non-hydrogen) atoms. The molecule has 0 aromatic carbocycles. The van der Waals surface area contributed by atoms with Gasteiger partial charge < -0.3 is 0 Å². The standard InChI is InChI=1S/C12H11ClF2N2/c13-11-2-1-9(7-17-11)10-5-12(14,15)4-3-8(10)6-16/h1-2,7-8,10H,3-5H2. The molecule has 1 aromatic heterocycles. The first-order valence-corrected chi connectivity index (χ1v) is 5.78. The van der Waals surface area contributed by atoms with E-state index < -0.39 is 11.8 Å². The van der Waals surface area contributed by atoms with E-state index in [4.69, 9.17) is 16.9 Å². The third-order valence-corrected chi connectivity index (χ3v) is 3.39. The molecule has 1 heterocycles. The Morgan fingerprint density at radius 1 is 1.47 bits per heavy atom. The van der Waals surface area contributed by atoms with Gasteiger partial charge >= 0.3 is 0 Å². The van der Waals surface area contributed by atoms with E-state index in [1.807, 2.05) is 0 Å². The van der Waals surface area contributed by atoms with Gasteiger partial charge in [0.05, 0.1) is 12.0 Å². The highest BCUT2D eigenvalue weighted by Crippen LogP contribution is 2.44. The van der Waals surface area contributed by atoms with Gasteiger partial charge in [-0.15, -0.1) is 0 Å². The molecule has 90 valence electrons. The van der Waals surface area contributed by atoms with E-state index >= 15 is 0 Å². The number of rotatable bonds is 1. The van der Waals surface area contributed by atoms with Crippen LogP contribution < -0.4 is 0 Å². The van der Waals surface area contributed by atoms with Gasteiger partial charge in [-0.3, -0.25) is 0 Å². The van der Waals surface area contributed by atoms with E-state index in [-0.39, 0.29) is 25.2 Å². The number of halogens is 3. The molecule has 1 aliphatic rings. The van der Waals surface area contributed by atoms with Crippen LogP contribution in [0, 0.1) is 17.2 Å². The lowest BCUT2D eigenvalue weighted by atomic mass is 9.75. The number of nitrogens with zero attached hydrogens (tertiary/aromatic N) is 2. The van der Waals surface area contributed by atoms with Gasteiger partial charge in [-0.25, -0.2) is 13.8 Å². The average molecular weight is 257 g/mol. The van der Waals surface area contributed by atoms with Crippen molar-refractivity contribution in [1.82, 2.24) is 4.98 Å². The van der Waals surface area contributed by atoms with Crippen LogP contribution in [0.1, 0.15) is 30.7 Å². The molecule has 1 aromatic rings. The molecule has 0 aliphatic heterocycles. The molecular formula is C12H11ClF2N2. The summed E-state index contributed by atoms with van der Waals surface area (Å²) in [4.78, 5) is 3.88. The molecule has 1 saturated carbocycles. The second kappa shape index (κ2) is 4.58. The van der Waals surface area contributed by atoms with Gasteiger partial charge in [0.25, 0.3) is 0 Å². The summed E-state index contributed by atoms with van der Waals surface area (Å²) >= 11 is 5.65. The smallest absolute Gasteiger partial charge is 0.244 e. The van der Waals surface area contributed by atoms with Gasteiger partial charge in [0, 0.05) is 25.0 Å². The quantitative estimate of drug-likeness (QED) is 0.717. The summed E-state index contributed by atoms with van der Waals surface area (Å²) in [5.41, 5.74) is 0.667. The van der Waals surface area contributed by atoms with Crippen LogP contribution in [0.2, 0.25) is 5.15 Å². The maximum Gasteiger partial charge on any atom is 0.248 e. The molecule has 2 rings (SSSR count). The Morgan fingerprint density at radius 2 is 2.24 bits per heavy atom. The van der Waals surface area contributed by atoms with Gasteiger partial charge in [-0.1, -0.05) is 17.7 Å². The fraction of sp³-hybridized carbons (Fsp3) is 0.500. The summed E-state index contributed by atoms with van der Waals surface area (Å²) < 4.78 is 26.7. The Balaban J connectivity index is 2.27. The van der Waals surface area contributed by atoms with E-state index in [9.17, 15) is 8.78 Å². The summed E-state index contributed by atoms with van der Waals surface area (Å²) in [6.45, 7) is 0. The minimum atomic E-state index is -2.68. The van der Waals surface area contributed by atoms with Crippen LogP contribution in [-0.4, -0.2) is 10.9 Å². The Morgan fingerprint density at radius 3 is 2.82 bits per heavy atom. The van der Waals surface area contributed by atoms with Gasteiger partial charge in [0.1, 0.15) is 5.15 Å². The third kappa shape index (κ3) is 2.73. The summed E-state index contributed by atoms with van der Waals surface area (Å²) in [5, 5.41) is 9.33. The summed E-state index contributed by atoms with van der Waals surface area (Å²) in [6, 6.07) is 5.35. The molecule has 2 nitrogen and oxygen atoms in total. The average Bonchev–Trinajstić information content (AvgIpc) is 2.29. The predicted molar refractivity (Wildman–Crippen MR) is 59.9 cm³/mol. The summed E-state index contributed by atoms with van der Waals surface area (Å²) in [7, 11) is 0. The molecule has 1 aliphatic carbocycles. The lowest BCUT2D eigenvalue weighted by Crippen LogP contribution is -2.30. The summed E-state index contributed by atoms with van der Waals surface area (Å²) in [5.74, 6) is -3.50. The van der Waals surface area contributed by atoms with Crippen LogP contribution in [0.5, 0.6) is 0 Å². The molecule has 0 saturated heterocycles. The highest BCUT2D eigenvalue weighted by atomic mass is 35.5. The van der Waals surface area contributed by atoms with Crippen LogP contribution in [0.4, 0.5) is 8.78 Å². The molecule has 0 radical (unpaired) electrons. The van der Waals surface area contributed by atoms with Crippen molar-refractivity contribution in [1.29, 1.82) is 5.26 Å². The van der Waals surface area contributed by atoms with E-state index in [0.29, 0.717) is 10.7 Å². The first kappa shape index (κ1) is 12.3. The zero-order valence-electron chi connectivity index (χ0n) is 9.04. The summed E-state index contributed by atoms with van der Waals surface area (Å²) in [6.07, 6.45) is 1.23. The number of alkyl halides is 2. The molecule has 0 spiro atoms. The first-order chi connectivity index (χ1) is 8.02. The van der Waals surface area contributed by atoms with Crippen LogP contribution in [0.3, 0.4) is 0 Å². The maximum absolute atomic E-state index is 13.4. The highest BCUT2D eigenvalue weighted by Gasteiger charge is 2.42. The van der Waals surface area contributed by atoms with Gasteiger partial charge in [0.15, 0.2) is 0 Å². The number of nitriles is 1. The fourth-order valence-electron chi connectivity index (χ4n) is 2.25. The lowest BCUT2D eigenvalue weighted by Gasteiger charge is -2.32. The third-order valence-electron chi connectivity index (χ3n) is 3.17. The molecule has 2 atom stereocenters. The molecular weight excluding hydrogens is 246 g/mol. The van der Waals surface area contributed by atoms with Crippen molar-refractivity contribution in [3.8, 4) is 6.07 Å². The Bertz CT molecular complexity index is 439. The molecule has 1 fully saturated rings. The maximum atomic E-state index is 13.4. The van der Waals surface area contributed by atoms with E-state index in [2.05, 4.69) is 11.1 Å². The lowest BCUT2D eigenvalue weighted by molar-refractivity contribution is -0.0486. The topological polar surface area (TPSA) is 36.7 Å². The van der Waals surface area contributed by atoms with Gasteiger partial charge in [-0.05, 0) is 18.1 Å². The largest absolute Gasteiger partial charge is 0.248 e. The van der Waals surface area contributed by atoms with Crippen LogP contribution >= 0.6 is 11.6 Å². The predicted octanol–water partition coefficient (Wildman–Crippen LogP) is 3.78. The number of hydrogen-bond acceptors (Lipinski definition) is 2. The monoisotopic (exact) mass is 256 g/mol. The van der Waals surface area contributed by atoms with E-state index in [0.717, 1.165) is 0 Å². The van der Waals surface area contributed by atoms with E-state index in [1.165, 1.54) is 6.20 Å². The van der Waals surface area contributed by atoms with E-state index in [1.54, 1.807) is 12.1 Å². The zero-order chi connectivity index (χ0) is 12.5. The van der Waals surface area contributed by atoms with Crippen molar-refractivity contribution in [2.45, 2.75) is 31.1 Å². The van der Waals surface area contributed by atoms with Crippen molar-refractivity contribution in [2.75, 3.05) is 0 Å². The Kier molecular flexibility index (Phi) is 3.30.